The number of hydrogen-bond donors (Lipinski definition) is 1. The first-order chi connectivity index (χ1) is 11.7. The summed E-state index contributed by atoms with van der Waals surface area (Å²) in [4.78, 5) is 30.7. The minimum atomic E-state index is 0.00705. The molecular weight excluding hydrogens is 302 g/mol. The van der Waals surface area contributed by atoms with E-state index in [-0.39, 0.29) is 17.7 Å². The van der Waals surface area contributed by atoms with E-state index in [0.29, 0.717) is 31.5 Å². The van der Waals surface area contributed by atoms with Gasteiger partial charge in [0, 0.05) is 49.6 Å². The summed E-state index contributed by atoms with van der Waals surface area (Å²) in [7, 11) is 1.66. The molecule has 5 heteroatoms. The molecule has 0 aliphatic carbocycles. The van der Waals surface area contributed by atoms with Gasteiger partial charge in [0.05, 0.1) is 0 Å². The summed E-state index contributed by atoms with van der Waals surface area (Å²) in [6.45, 7) is 1.22. The lowest BCUT2D eigenvalue weighted by Crippen LogP contribution is -2.42. The highest BCUT2D eigenvalue weighted by atomic mass is 16.2. The Morgan fingerprint density at radius 1 is 1.12 bits per heavy atom. The highest BCUT2D eigenvalue weighted by Gasteiger charge is 2.28. The van der Waals surface area contributed by atoms with Crippen molar-refractivity contribution in [2.75, 3.05) is 20.1 Å². The Morgan fingerprint density at radius 2 is 1.88 bits per heavy atom. The molecule has 0 saturated carbocycles. The van der Waals surface area contributed by atoms with E-state index in [1.165, 1.54) is 0 Å². The Morgan fingerprint density at radius 3 is 2.54 bits per heavy atom. The van der Waals surface area contributed by atoms with Gasteiger partial charge in [-0.1, -0.05) is 24.3 Å². The van der Waals surface area contributed by atoms with Crippen LogP contribution in [0.2, 0.25) is 0 Å². The smallest absolute Gasteiger partial charge is 0.254 e. The van der Waals surface area contributed by atoms with E-state index in [9.17, 15) is 9.59 Å². The third kappa shape index (κ3) is 3.30. The van der Waals surface area contributed by atoms with Gasteiger partial charge in [-0.05, 0) is 30.5 Å². The third-order valence-corrected chi connectivity index (χ3v) is 4.53. The molecule has 1 N–H and O–H groups in total. The monoisotopic (exact) mass is 323 g/mol. The van der Waals surface area contributed by atoms with Gasteiger partial charge in [-0.15, -0.1) is 0 Å². The van der Waals surface area contributed by atoms with Crippen LogP contribution in [0.5, 0.6) is 0 Å². The molecule has 0 atom stereocenters. The number of nitrogens with zero attached hydrogens (tertiary/aromatic N) is 2. The standard InChI is InChI=1S/C19H21N3O2/c1-20-18(23)14-8-11-22(12-9-14)19(24)17-7-3-2-6-16(17)15-5-4-10-21-13-15/h2-7,10,13-14H,8-9,11-12H2,1H3,(H,20,23). The Bertz CT molecular complexity index is 722. The van der Waals surface area contributed by atoms with E-state index >= 15 is 0 Å². The fourth-order valence-corrected chi connectivity index (χ4v) is 3.16. The van der Waals surface area contributed by atoms with Crippen molar-refractivity contribution in [2.45, 2.75) is 12.8 Å². The Kier molecular flexibility index (Phi) is 4.89. The van der Waals surface area contributed by atoms with Gasteiger partial charge in [-0.25, -0.2) is 0 Å². The number of hydrogen-bond acceptors (Lipinski definition) is 3. The van der Waals surface area contributed by atoms with Crippen LogP contribution in [0.15, 0.2) is 48.8 Å². The Labute approximate surface area is 141 Å². The summed E-state index contributed by atoms with van der Waals surface area (Å²) < 4.78 is 0. The lowest BCUT2D eigenvalue weighted by atomic mass is 9.94. The first kappa shape index (κ1) is 16.2. The molecule has 24 heavy (non-hydrogen) atoms. The van der Waals surface area contributed by atoms with Gasteiger partial charge in [0.2, 0.25) is 5.91 Å². The third-order valence-electron chi connectivity index (χ3n) is 4.53. The molecule has 1 saturated heterocycles. The molecule has 5 nitrogen and oxygen atoms in total. The quantitative estimate of drug-likeness (QED) is 0.943. The van der Waals surface area contributed by atoms with Crippen LogP contribution in [0, 0.1) is 5.92 Å². The van der Waals surface area contributed by atoms with E-state index in [1.807, 2.05) is 41.3 Å². The van der Waals surface area contributed by atoms with Gasteiger partial charge in [0.25, 0.3) is 5.91 Å². The molecule has 1 aromatic heterocycles. The molecule has 124 valence electrons. The molecule has 1 aromatic carbocycles. The van der Waals surface area contributed by atoms with Crippen LogP contribution in [0.3, 0.4) is 0 Å². The largest absolute Gasteiger partial charge is 0.359 e. The normalized spacial score (nSPS) is 15.1. The van der Waals surface area contributed by atoms with E-state index < -0.39 is 0 Å². The summed E-state index contributed by atoms with van der Waals surface area (Å²) in [5, 5.41) is 2.69. The van der Waals surface area contributed by atoms with Gasteiger partial charge >= 0.3 is 0 Å². The Hall–Kier alpha value is -2.69. The van der Waals surface area contributed by atoms with Crippen LogP contribution in [-0.4, -0.2) is 41.8 Å². The van der Waals surface area contributed by atoms with Crippen LogP contribution in [0.4, 0.5) is 0 Å². The number of nitrogens with one attached hydrogen (secondary N) is 1. The first-order valence-electron chi connectivity index (χ1n) is 8.21. The van der Waals surface area contributed by atoms with Crippen LogP contribution in [-0.2, 0) is 4.79 Å². The molecule has 1 fully saturated rings. The first-order valence-corrected chi connectivity index (χ1v) is 8.21. The van der Waals surface area contributed by atoms with E-state index in [0.717, 1.165) is 11.1 Å². The van der Waals surface area contributed by atoms with Gasteiger partial charge in [0.15, 0.2) is 0 Å². The van der Waals surface area contributed by atoms with Crippen molar-refractivity contribution in [3.63, 3.8) is 0 Å². The second-order valence-electron chi connectivity index (χ2n) is 5.97. The number of carbonyl (C=O) groups excluding carboxylic acids is 2. The number of carbonyl (C=O) groups is 2. The molecule has 0 bridgehead atoms. The van der Waals surface area contributed by atoms with Crippen LogP contribution in [0.1, 0.15) is 23.2 Å². The van der Waals surface area contributed by atoms with Crippen molar-refractivity contribution in [1.29, 1.82) is 0 Å². The number of likely N-dealkylation sites (tertiary alicyclic amines) is 1. The van der Waals surface area contributed by atoms with Crippen molar-refractivity contribution in [3.8, 4) is 11.1 Å². The number of amides is 2. The second-order valence-corrected chi connectivity index (χ2v) is 5.97. The average Bonchev–Trinajstić information content (AvgIpc) is 2.67. The predicted molar refractivity (Wildman–Crippen MR) is 92.4 cm³/mol. The summed E-state index contributed by atoms with van der Waals surface area (Å²) >= 11 is 0. The molecule has 2 aromatic rings. The van der Waals surface area contributed by atoms with E-state index in [4.69, 9.17) is 0 Å². The highest BCUT2D eigenvalue weighted by molar-refractivity contribution is 6.01. The Balaban J connectivity index is 1.79. The van der Waals surface area contributed by atoms with Gasteiger partial charge in [0.1, 0.15) is 0 Å². The van der Waals surface area contributed by atoms with Gasteiger partial charge < -0.3 is 10.2 Å². The maximum atomic E-state index is 12.9. The maximum Gasteiger partial charge on any atom is 0.254 e. The van der Waals surface area contributed by atoms with Crippen molar-refractivity contribution in [1.82, 2.24) is 15.2 Å². The lowest BCUT2D eigenvalue weighted by Gasteiger charge is -2.31. The lowest BCUT2D eigenvalue weighted by molar-refractivity contribution is -0.125. The van der Waals surface area contributed by atoms with Crippen molar-refractivity contribution < 1.29 is 9.59 Å². The van der Waals surface area contributed by atoms with Crippen molar-refractivity contribution >= 4 is 11.8 Å². The predicted octanol–water partition coefficient (Wildman–Crippen LogP) is 2.35. The zero-order chi connectivity index (χ0) is 16.9. The summed E-state index contributed by atoms with van der Waals surface area (Å²) in [6, 6.07) is 11.4. The summed E-state index contributed by atoms with van der Waals surface area (Å²) in [6.07, 6.45) is 4.91. The van der Waals surface area contributed by atoms with E-state index in [2.05, 4.69) is 10.3 Å². The molecular formula is C19H21N3O2. The topological polar surface area (TPSA) is 62.3 Å². The number of aromatic nitrogens is 1. The highest BCUT2D eigenvalue weighted by Crippen LogP contribution is 2.26. The summed E-state index contributed by atoms with van der Waals surface area (Å²) in [5.41, 5.74) is 2.51. The molecule has 2 amide bonds. The van der Waals surface area contributed by atoms with E-state index in [1.54, 1.807) is 19.4 Å². The molecule has 0 unspecified atom stereocenters. The summed E-state index contributed by atoms with van der Waals surface area (Å²) in [5.74, 6) is 0.0929. The number of rotatable bonds is 3. The minimum absolute atomic E-state index is 0.00705. The number of pyridine rings is 1. The number of piperidine rings is 1. The minimum Gasteiger partial charge on any atom is -0.359 e. The average molecular weight is 323 g/mol. The zero-order valence-electron chi connectivity index (χ0n) is 13.7. The second kappa shape index (κ2) is 7.25. The fraction of sp³-hybridized carbons (Fsp3) is 0.316. The molecule has 0 spiro atoms. The van der Waals surface area contributed by atoms with Gasteiger partial charge in [-0.3, -0.25) is 14.6 Å². The fourth-order valence-electron chi connectivity index (χ4n) is 3.16. The van der Waals surface area contributed by atoms with Gasteiger partial charge in [-0.2, -0.15) is 0 Å². The maximum absolute atomic E-state index is 12.9. The van der Waals surface area contributed by atoms with Crippen LogP contribution in [0.25, 0.3) is 11.1 Å². The molecule has 0 radical (unpaired) electrons. The van der Waals surface area contributed by atoms with Crippen molar-refractivity contribution in [3.05, 3.63) is 54.4 Å². The van der Waals surface area contributed by atoms with Crippen molar-refractivity contribution in [2.24, 2.45) is 5.92 Å². The van der Waals surface area contributed by atoms with Crippen LogP contribution >= 0.6 is 0 Å². The molecule has 1 aliphatic rings. The van der Waals surface area contributed by atoms with Crippen LogP contribution < -0.4 is 5.32 Å². The molecule has 2 heterocycles. The number of benzene rings is 1. The SMILES string of the molecule is CNC(=O)C1CCN(C(=O)c2ccccc2-c2cccnc2)CC1. The molecule has 3 rings (SSSR count). The molecule has 1 aliphatic heterocycles. The zero-order valence-corrected chi connectivity index (χ0v) is 13.7.